The third kappa shape index (κ3) is 2.53. The van der Waals surface area contributed by atoms with Crippen LogP contribution in [0, 0.1) is 11.3 Å². The molecule has 6 nitrogen and oxygen atoms in total. The Balaban J connectivity index is 2.54. The van der Waals surface area contributed by atoms with Crippen molar-refractivity contribution in [3.63, 3.8) is 0 Å². The predicted octanol–water partition coefficient (Wildman–Crippen LogP) is 2.73. The van der Waals surface area contributed by atoms with Gasteiger partial charge in [0.15, 0.2) is 5.82 Å². The Bertz CT molecular complexity index is 674. The first-order valence-corrected chi connectivity index (χ1v) is 6.33. The number of nitrogens with zero attached hydrogens (tertiary/aromatic N) is 4. The number of benzene rings is 1. The Morgan fingerprint density at radius 2 is 2.37 bits per heavy atom. The molecule has 1 amide bonds. The second kappa shape index (κ2) is 5.28. The smallest absolute Gasteiger partial charge is 0.413 e. The molecule has 0 spiro atoms. The van der Waals surface area contributed by atoms with Crippen molar-refractivity contribution in [2.75, 3.05) is 11.4 Å². The largest absolute Gasteiger partial charge is 0.465 e. The Kier molecular flexibility index (Phi) is 3.71. The molecule has 0 atom stereocenters. The minimum atomic E-state index is -1.11. The molecule has 2 rings (SSSR count). The molecule has 2 aromatic rings. The van der Waals surface area contributed by atoms with Gasteiger partial charge in [-0.25, -0.2) is 4.79 Å². The Morgan fingerprint density at radius 1 is 1.63 bits per heavy atom. The normalized spacial score (nSPS) is 10.4. The summed E-state index contributed by atoms with van der Waals surface area (Å²) in [6.45, 7) is 0.105. The molecule has 98 valence electrons. The average Bonchev–Trinajstić information content (AvgIpc) is 2.67. The van der Waals surface area contributed by atoms with Gasteiger partial charge in [0.2, 0.25) is 0 Å². The standard InChI is InChI=1S/C12H11BrN4O2/c1-16-10-7-8(13)3-4-9(10)11(15-16)17(12(18)19)6-2-5-14/h3-4,7H,2,6H2,1H3,(H,18,19). The van der Waals surface area contributed by atoms with Crippen LogP contribution in [0.2, 0.25) is 0 Å². The maximum absolute atomic E-state index is 11.3. The van der Waals surface area contributed by atoms with Crippen LogP contribution >= 0.6 is 15.9 Å². The van der Waals surface area contributed by atoms with Crippen molar-refractivity contribution >= 4 is 38.7 Å². The topological polar surface area (TPSA) is 82.2 Å². The summed E-state index contributed by atoms with van der Waals surface area (Å²) in [6.07, 6.45) is -0.987. The molecule has 0 saturated carbocycles. The summed E-state index contributed by atoms with van der Waals surface area (Å²) in [7, 11) is 1.75. The SMILES string of the molecule is Cn1nc(N(CCC#N)C(=O)O)c2ccc(Br)cc21. The monoisotopic (exact) mass is 322 g/mol. The summed E-state index contributed by atoms with van der Waals surface area (Å²) in [5.41, 5.74) is 0.826. The van der Waals surface area contributed by atoms with Crippen LogP contribution in [0.5, 0.6) is 0 Å². The van der Waals surface area contributed by atoms with Crippen molar-refractivity contribution in [1.29, 1.82) is 5.26 Å². The molecule has 0 unspecified atom stereocenters. The van der Waals surface area contributed by atoms with E-state index >= 15 is 0 Å². The number of carbonyl (C=O) groups is 1. The third-order valence-electron chi connectivity index (χ3n) is 2.73. The van der Waals surface area contributed by atoms with Crippen LogP contribution in [0.3, 0.4) is 0 Å². The first-order chi connectivity index (χ1) is 9.04. The summed E-state index contributed by atoms with van der Waals surface area (Å²) in [5, 5.41) is 22.8. The molecule has 0 aliphatic heterocycles. The zero-order chi connectivity index (χ0) is 14.0. The minimum absolute atomic E-state index is 0.105. The number of anilines is 1. The maximum Gasteiger partial charge on any atom is 0.413 e. The summed E-state index contributed by atoms with van der Waals surface area (Å²) in [6, 6.07) is 7.45. The summed E-state index contributed by atoms with van der Waals surface area (Å²) in [4.78, 5) is 12.4. The number of hydrogen-bond donors (Lipinski definition) is 1. The summed E-state index contributed by atoms with van der Waals surface area (Å²) >= 11 is 3.37. The highest BCUT2D eigenvalue weighted by atomic mass is 79.9. The first kappa shape index (κ1) is 13.4. The quantitative estimate of drug-likeness (QED) is 0.941. The number of fused-ring (bicyclic) bond motifs is 1. The predicted molar refractivity (Wildman–Crippen MR) is 74.0 cm³/mol. The fourth-order valence-electron chi connectivity index (χ4n) is 1.86. The lowest BCUT2D eigenvalue weighted by Gasteiger charge is -2.14. The fraction of sp³-hybridized carbons (Fsp3) is 0.250. The van der Waals surface area contributed by atoms with E-state index in [-0.39, 0.29) is 13.0 Å². The number of aryl methyl sites for hydroxylation is 1. The lowest BCUT2D eigenvalue weighted by atomic mass is 10.2. The Labute approximate surface area is 118 Å². The van der Waals surface area contributed by atoms with E-state index in [1.165, 1.54) is 0 Å². The van der Waals surface area contributed by atoms with Crippen LogP contribution in [0.25, 0.3) is 10.9 Å². The molecule has 0 bridgehead atoms. The average molecular weight is 323 g/mol. The number of amides is 1. The Hall–Kier alpha value is -2.07. The van der Waals surface area contributed by atoms with Gasteiger partial charge in [-0.3, -0.25) is 9.58 Å². The zero-order valence-electron chi connectivity index (χ0n) is 10.2. The van der Waals surface area contributed by atoms with Gasteiger partial charge in [0.1, 0.15) is 0 Å². The molecule has 0 aliphatic rings. The molecule has 0 aliphatic carbocycles. The number of nitriles is 1. The highest BCUT2D eigenvalue weighted by molar-refractivity contribution is 9.10. The molecule has 7 heteroatoms. The van der Waals surface area contributed by atoms with Crippen LogP contribution in [0.1, 0.15) is 6.42 Å². The van der Waals surface area contributed by atoms with E-state index in [0.29, 0.717) is 5.82 Å². The summed E-state index contributed by atoms with van der Waals surface area (Å²) in [5.74, 6) is 0.354. The lowest BCUT2D eigenvalue weighted by molar-refractivity contribution is 0.202. The van der Waals surface area contributed by atoms with Gasteiger partial charge < -0.3 is 5.11 Å². The third-order valence-corrected chi connectivity index (χ3v) is 3.22. The molecule has 0 saturated heterocycles. The lowest BCUT2D eigenvalue weighted by Crippen LogP contribution is -2.30. The summed E-state index contributed by atoms with van der Waals surface area (Å²) < 4.78 is 2.52. The van der Waals surface area contributed by atoms with Gasteiger partial charge in [0.05, 0.1) is 18.0 Å². The molecule has 1 aromatic heterocycles. The molecule has 0 fully saturated rings. The number of carboxylic acid groups (broad SMARTS) is 1. The molecular weight excluding hydrogens is 312 g/mol. The van der Waals surface area contributed by atoms with E-state index in [1.807, 2.05) is 24.3 Å². The van der Waals surface area contributed by atoms with Crippen molar-refractivity contribution in [2.24, 2.45) is 7.05 Å². The molecule has 1 N–H and O–H groups in total. The first-order valence-electron chi connectivity index (χ1n) is 5.54. The van der Waals surface area contributed by atoms with Crippen LogP contribution in [-0.4, -0.2) is 27.5 Å². The number of hydrogen-bond acceptors (Lipinski definition) is 3. The fourth-order valence-corrected chi connectivity index (χ4v) is 2.21. The van der Waals surface area contributed by atoms with E-state index in [2.05, 4.69) is 21.0 Å². The zero-order valence-corrected chi connectivity index (χ0v) is 11.8. The van der Waals surface area contributed by atoms with E-state index < -0.39 is 6.09 Å². The van der Waals surface area contributed by atoms with Gasteiger partial charge in [-0.1, -0.05) is 15.9 Å². The molecule has 19 heavy (non-hydrogen) atoms. The van der Waals surface area contributed by atoms with E-state index in [4.69, 9.17) is 5.26 Å². The minimum Gasteiger partial charge on any atom is -0.465 e. The van der Waals surface area contributed by atoms with Gasteiger partial charge in [-0.15, -0.1) is 0 Å². The van der Waals surface area contributed by atoms with Crippen molar-refractivity contribution in [3.8, 4) is 6.07 Å². The van der Waals surface area contributed by atoms with Gasteiger partial charge in [-0.2, -0.15) is 10.4 Å². The van der Waals surface area contributed by atoms with E-state index in [9.17, 15) is 9.90 Å². The van der Waals surface area contributed by atoms with Gasteiger partial charge >= 0.3 is 6.09 Å². The molecular formula is C12H11BrN4O2. The highest BCUT2D eigenvalue weighted by Crippen LogP contribution is 2.28. The van der Waals surface area contributed by atoms with Crippen molar-refractivity contribution in [3.05, 3.63) is 22.7 Å². The number of rotatable bonds is 3. The maximum atomic E-state index is 11.3. The van der Waals surface area contributed by atoms with Crippen molar-refractivity contribution in [1.82, 2.24) is 9.78 Å². The second-order valence-electron chi connectivity index (χ2n) is 3.95. The molecule has 1 heterocycles. The van der Waals surface area contributed by atoms with Gasteiger partial charge in [-0.05, 0) is 18.2 Å². The molecule has 1 aromatic carbocycles. The molecule has 0 radical (unpaired) electrons. The van der Waals surface area contributed by atoms with Gasteiger partial charge in [0.25, 0.3) is 0 Å². The highest BCUT2D eigenvalue weighted by Gasteiger charge is 2.20. The van der Waals surface area contributed by atoms with Crippen molar-refractivity contribution in [2.45, 2.75) is 6.42 Å². The van der Waals surface area contributed by atoms with E-state index in [1.54, 1.807) is 11.7 Å². The van der Waals surface area contributed by atoms with Crippen molar-refractivity contribution < 1.29 is 9.90 Å². The Morgan fingerprint density at radius 3 is 3.00 bits per heavy atom. The van der Waals surface area contributed by atoms with E-state index in [0.717, 1.165) is 20.3 Å². The van der Waals surface area contributed by atoms with Crippen LogP contribution in [0.4, 0.5) is 10.6 Å². The van der Waals surface area contributed by atoms with Crippen LogP contribution in [0.15, 0.2) is 22.7 Å². The van der Waals surface area contributed by atoms with Crippen LogP contribution < -0.4 is 4.90 Å². The second-order valence-corrected chi connectivity index (χ2v) is 4.87. The number of aromatic nitrogens is 2. The van der Waals surface area contributed by atoms with Crippen LogP contribution in [-0.2, 0) is 7.05 Å². The van der Waals surface area contributed by atoms with Gasteiger partial charge in [0, 0.05) is 23.5 Å². The number of halogens is 1.